The van der Waals surface area contributed by atoms with Gasteiger partial charge in [0.1, 0.15) is 18.0 Å². The van der Waals surface area contributed by atoms with Gasteiger partial charge in [0, 0.05) is 37.5 Å². The Bertz CT molecular complexity index is 1450. The molecule has 7 atom stereocenters. The maximum absolute atomic E-state index is 13.3. The number of nitrogens with one attached hydrogen (secondary N) is 1. The minimum atomic E-state index is -6.08. The summed E-state index contributed by atoms with van der Waals surface area (Å²) < 4.78 is 42.5. The molecule has 0 spiro atoms. The van der Waals surface area contributed by atoms with Crippen molar-refractivity contribution in [3.8, 4) is 36.5 Å². The number of aliphatic hydroxyl groups excluding tert-OH is 1. The first kappa shape index (κ1) is 37.5. The molecule has 1 aliphatic rings. The minimum absolute atomic E-state index is 0.0355. The number of unbranched alkanes of at least 4 members (excludes halogenated alkanes) is 5. The Hall–Kier alpha value is -1.68. The highest BCUT2D eigenvalue weighted by Crippen LogP contribution is 2.67. The fraction of sp³-hybridized carbons (Fsp3) is 0.583. The van der Waals surface area contributed by atoms with Crippen molar-refractivity contribution in [3.63, 3.8) is 0 Å². The molecule has 238 valence electrons. The Morgan fingerprint density at radius 1 is 1.12 bits per heavy atom. The fourth-order valence-electron chi connectivity index (χ4n) is 3.86. The zero-order valence-electron chi connectivity index (χ0n) is 22.8. The van der Waals surface area contributed by atoms with Crippen LogP contribution in [0.1, 0.15) is 63.2 Å². The van der Waals surface area contributed by atoms with Crippen molar-refractivity contribution in [3.05, 3.63) is 32.6 Å². The molecule has 0 saturated carbocycles. The van der Waals surface area contributed by atoms with E-state index in [1.165, 1.54) is 6.20 Å². The van der Waals surface area contributed by atoms with Gasteiger partial charge in [-0.25, -0.2) is 9.32 Å². The van der Waals surface area contributed by atoms with Gasteiger partial charge in [-0.1, -0.05) is 11.8 Å². The van der Waals surface area contributed by atoms with E-state index in [0.29, 0.717) is 32.1 Å². The number of H-pyrrole nitrogens is 1. The number of aromatic nitrogens is 2. The SMILES string of the molecule is C#CCCCCC#Cc1cn([C@@H]2O[C@H](CC[P+]([O-])(OCCCCC#C)OP(=O)([O-])OP(=O)([O-])[O-])[C@H](O)C2P)c(=O)[nH]c1=O. The third-order valence-corrected chi connectivity index (χ3v) is 11.4. The molecule has 1 saturated heterocycles. The van der Waals surface area contributed by atoms with E-state index in [0.717, 1.165) is 11.0 Å². The molecular formula is C24H31N2O13P4-3. The average Bonchev–Trinajstić information content (AvgIpc) is 3.17. The number of aliphatic hydroxyl groups is 1. The van der Waals surface area contributed by atoms with Gasteiger partial charge < -0.3 is 34.0 Å². The third-order valence-electron chi connectivity index (χ3n) is 5.87. The minimum Gasteiger partial charge on any atom is -0.790 e. The highest BCUT2D eigenvalue weighted by atomic mass is 31.3. The van der Waals surface area contributed by atoms with E-state index < -0.39 is 65.1 Å². The number of rotatable bonds is 16. The Morgan fingerprint density at radius 3 is 2.37 bits per heavy atom. The maximum Gasteiger partial charge on any atom is 0.330 e. The molecule has 2 rings (SSSR count). The van der Waals surface area contributed by atoms with Gasteiger partial charge in [0.25, 0.3) is 5.56 Å². The first-order valence-electron chi connectivity index (χ1n) is 12.9. The summed E-state index contributed by atoms with van der Waals surface area (Å²) in [6.45, 7) is -0.311. The van der Waals surface area contributed by atoms with Crippen LogP contribution in [0.25, 0.3) is 0 Å². The molecule has 0 radical (unpaired) electrons. The number of phosphoric acid groups is 2. The summed E-state index contributed by atoms with van der Waals surface area (Å²) in [6, 6.07) is 0. The molecule has 4 unspecified atom stereocenters. The molecule has 2 heterocycles. The van der Waals surface area contributed by atoms with Crippen LogP contribution in [0.5, 0.6) is 0 Å². The van der Waals surface area contributed by atoms with Crippen molar-refractivity contribution in [1.29, 1.82) is 0 Å². The number of ether oxygens (including phenoxy) is 1. The van der Waals surface area contributed by atoms with Crippen LogP contribution in [0.4, 0.5) is 0 Å². The van der Waals surface area contributed by atoms with E-state index in [4.69, 9.17) is 22.1 Å². The normalized spacial score (nSPS) is 22.9. The molecule has 43 heavy (non-hydrogen) atoms. The molecule has 1 aromatic rings. The largest absolute Gasteiger partial charge is 0.790 e. The number of hydrogen-bond acceptors (Lipinski definition) is 13. The Balaban J connectivity index is 2.20. The zero-order chi connectivity index (χ0) is 32.3. The van der Waals surface area contributed by atoms with E-state index in [9.17, 15) is 43.4 Å². The summed E-state index contributed by atoms with van der Waals surface area (Å²) in [6.07, 6.45) is 10.3. The van der Waals surface area contributed by atoms with Crippen LogP contribution in [0.3, 0.4) is 0 Å². The average molecular weight is 679 g/mol. The van der Waals surface area contributed by atoms with Gasteiger partial charge in [0.2, 0.25) is 7.94 Å². The lowest BCUT2D eigenvalue weighted by atomic mass is 10.1. The lowest BCUT2D eigenvalue weighted by Crippen LogP contribution is -2.36. The molecular weight excluding hydrogens is 648 g/mol. The predicted molar refractivity (Wildman–Crippen MR) is 151 cm³/mol. The summed E-state index contributed by atoms with van der Waals surface area (Å²) in [5.41, 5.74) is -2.46. The van der Waals surface area contributed by atoms with Gasteiger partial charge in [-0.15, -0.1) is 38.2 Å². The quantitative estimate of drug-likeness (QED) is 0.124. The van der Waals surface area contributed by atoms with Crippen molar-refractivity contribution < 1.29 is 51.7 Å². The number of nitrogens with zero attached hydrogens (tertiary/aromatic N) is 1. The highest BCUT2D eigenvalue weighted by molar-refractivity contribution is 7.70. The number of hydrogen-bond donors (Lipinski definition) is 2. The molecule has 1 aromatic heterocycles. The summed E-state index contributed by atoms with van der Waals surface area (Å²) >= 11 is 0. The van der Waals surface area contributed by atoms with E-state index in [1.807, 2.05) is 0 Å². The zero-order valence-corrected chi connectivity index (χ0v) is 26.7. The van der Waals surface area contributed by atoms with Crippen LogP contribution in [-0.4, -0.2) is 45.3 Å². The van der Waals surface area contributed by atoms with Crippen LogP contribution < -0.4 is 30.8 Å². The number of terminal acetylenes is 2. The number of aromatic amines is 1. The highest BCUT2D eigenvalue weighted by Gasteiger charge is 2.45. The van der Waals surface area contributed by atoms with Gasteiger partial charge in [-0.05, 0) is 25.7 Å². The van der Waals surface area contributed by atoms with E-state index in [2.05, 4.69) is 46.5 Å². The van der Waals surface area contributed by atoms with Crippen molar-refractivity contribution in [2.24, 2.45) is 0 Å². The van der Waals surface area contributed by atoms with Gasteiger partial charge in [0.05, 0.1) is 26.6 Å². The molecule has 15 nitrogen and oxygen atoms in total. The Labute approximate surface area is 251 Å². The second-order valence-electron chi connectivity index (χ2n) is 9.23. The van der Waals surface area contributed by atoms with Crippen LogP contribution in [0, 0.1) is 36.5 Å². The molecule has 0 amide bonds. The first-order valence-corrected chi connectivity index (χ1v) is 18.2. The summed E-state index contributed by atoms with van der Waals surface area (Å²) in [5.74, 6) is 10.4. The van der Waals surface area contributed by atoms with E-state index in [1.54, 1.807) is 0 Å². The van der Waals surface area contributed by atoms with Gasteiger partial charge in [0.15, 0.2) is 0 Å². The predicted octanol–water partition coefficient (Wildman–Crippen LogP) is -0.753. The van der Waals surface area contributed by atoms with Crippen LogP contribution >= 0.6 is 32.8 Å². The standard InChI is InChI=1S/C24H34N2O13P4/c1-3-5-7-9-10-11-13-18-17-26(24(29)25-22(18)28)23-21(40)20(27)19(37-23)14-16-41(30,36-15-12-8-6-4-2)38-43(34,35)39-42(31,32)33/h1-2,17,19-21,23,27H,5-10,12,14-16,40H2,(H,34,35)(H,25,28,29)(H2,31,32,33)/p-3/t19-,20+,21?,23-,41?/m1/s1. The lowest BCUT2D eigenvalue weighted by Gasteiger charge is -2.38. The van der Waals surface area contributed by atoms with E-state index in [-0.39, 0.29) is 25.0 Å². The smallest absolute Gasteiger partial charge is 0.330 e. The van der Waals surface area contributed by atoms with Crippen LogP contribution in [0.2, 0.25) is 0 Å². The first-order chi connectivity index (χ1) is 20.1. The Kier molecular flexibility index (Phi) is 14.9. The molecule has 0 aliphatic carbocycles. The molecule has 1 aliphatic heterocycles. The van der Waals surface area contributed by atoms with Crippen LogP contribution in [-0.2, 0) is 27.0 Å². The van der Waals surface area contributed by atoms with Crippen LogP contribution in [0.15, 0.2) is 15.8 Å². The Morgan fingerprint density at radius 2 is 1.74 bits per heavy atom. The van der Waals surface area contributed by atoms with Gasteiger partial charge in [-0.2, -0.15) is 0 Å². The maximum atomic E-state index is 13.3. The van der Waals surface area contributed by atoms with Crippen molar-refractivity contribution in [2.75, 3.05) is 12.8 Å². The summed E-state index contributed by atoms with van der Waals surface area (Å²) in [4.78, 5) is 73.8. The molecule has 1 fully saturated rings. The van der Waals surface area contributed by atoms with E-state index >= 15 is 0 Å². The second-order valence-corrected chi connectivity index (χ2v) is 15.0. The molecule has 2 N–H and O–H groups in total. The molecule has 0 aromatic carbocycles. The van der Waals surface area contributed by atoms with Crippen molar-refractivity contribution in [1.82, 2.24) is 9.55 Å². The molecule has 19 heteroatoms. The monoisotopic (exact) mass is 679 g/mol. The van der Waals surface area contributed by atoms with Crippen molar-refractivity contribution in [2.45, 2.75) is 75.5 Å². The third kappa shape index (κ3) is 12.7. The summed E-state index contributed by atoms with van der Waals surface area (Å²) in [5, 5.41) is 10.8. The van der Waals surface area contributed by atoms with Crippen molar-refractivity contribution >= 4 is 32.8 Å². The fourth-order valence-corrected chi connectivity index (χ4v) is 8.59. The second kappa shape index (κ2) is 17.1. The molecule has 0 bridgehead atoms. The van der Waals surface area contributed by atoms with Gasteiger partial charge in [-0.3, -0.25) is 23.2 Å². The topological polar surface area (TPSA) is 238 Å². The van der Waals surface area contributed by atoms with Gasteiger partial charge >= 0.3 is 13.5 Å². The lowest BCUT2D eigenvalue weighted by molar-refractivity contribution is -0.339. The summed E-state index contributed by atoms with van der Waals surface area (Å²) in [7, 11) is -14.4.